The molecule has 22 heavy (non-hydrogen) atoms. The van der Waals surface area contributed by atoms with E-state index < -0.39 is 23.4 Å². The van der Waals surface area contributed by atoms with Crippen LogP contribution < -0.4 is 5.63 Å². The van der Waals surface area contributed by atoms with Gasteiger partial charge in [0.1, 0.15) is 22.6 Å². The lowest BCUT2D eigenvalue weighted by atomic mass is 10.0. The van der Waals surface area contributed by atoms with Gasteiger partial charge in [-0.25, -0.2) is 9.59 Å². The number of carbonyl (C=O) groups is 1. The zero-order valence-corrected chi connectivity index (χ0v) is 11.9. The lowest BCUT2D eigenvalue weighted by molar-refractivity contribution is -0.145. The van der Waals surface area contributed by atoms with E-state index in [4.69, 9.17) is 14.3 Å². The Morgan fingerprint density at radius 1 is 1.36 bits per heavy atom. The molecule has 0 bridgehead atoms. The summed E-state index contributed by atoms with van der Waals surface area (Å²) in [6.07, 6.45) is 1.06. The Balaban J connectivity index is 2.63. The zero-order chi connectivity index (χ0) is 16.4. The highest BCUT2D eigenvalue weighted by Gasteiger charge is 2.17. The van der Waals surface area contributed by atoms with Crippen LogP contribution in [0.4, 0.5) is 0 Å². The lowest BCUT2D eigenvalue weighted by Gasteiger charge is -2.08. The van der Waals surface area contributed by atoms with Gasteiger partial charge < -0.3 is 24.5 Å². The summed E-state index contributed by atoms with van der Waals surface area (Å²) in [6.45, 7) is 1.57. The van der Waals surface area contributed by atoms with Crippen LogP contribution in [0.15, 0.2) is 27.4 Å². The quantitative estimate of drug-likeness (QED) is 0.785. The summed E-state index contributed by atoms with van der Waals surface area (Å²) >= 11 is 0. The van der Waals surface area contributed by atoms with Gasteiger partial charge >= 0.3 is 11.6 Å². The Morgan fingerprint density at radius 2 is 2.05 bits per heavy atom. The molecule has 0 fully saturated rings. The van der Waals surface area contributed by atoms with Crippen molar-refractivity contribution >= 4 is 22.8 Å². The monoisotopic (exact) mass is 306 g/mol. The summed E-state index contributed by atoms with van der Waals surface area (Å²) in [5.74, 6) is -1.68. The van der Waals surface area contributed by atoms with E-state index in [9.17, 15) is 19.8 Å². The number of hydrogen-bond acceptors (Lipinski definition) is 6. The van der Waals surface area contributed by atoms with Crippen LogP contribution in [0.3, 0.4) is 0 Å². The third-order valence-electron chi connectivity index (χ3n) is 3.10. The zero-order valence-electron chi connectivity index (χ0n) is 11.9. The van der Waals surface area contributed by atoms with Crippen molar-refractivity contribution in [2.75, 3.05) is 7.11 Å². The van der Waals surface area contributed by atoms with Crippen molar-refractivity contribution in [3.8, 4) is 11.5 Å². The van der Waals surface area contributed by atoms with Gasteiger partial charge in [-0.15, -0.1) is 0 Å². The number of carboxylic acid groups (broad SMARTS) is 1. The first-order chi connectivity index (χ1) is 10.3. The Morgan fingerprint density at radius 3 is 2.64 bits per heavy atom. The van der Waals surface area contributed by atoms with Crippen LogP contribution in [-0.4, -0.2) is 34.5 Å². The second kappa shape index (κ2) is 5.90. The molecule has 0 radical (unpaired) electrons. The van der Waals surface area contributed by atoms with Crippen LogP contribution in [0.25, 0.3) is 16.8 Å². The number of methoxy groups -OCH3 is 1. The van der Waals surface area contributed by atoms with Crippen LogP contribution in [0.1, 0.15) is 11.3 Å². The van der Waals surface area contributed by atoms with Gasteiger partial charge in [-0.3, -0.25) is 0 Å². The average molecular weight is 306 g/mol. The SMILES string of the molecule is COC(/C=C/c1c(O)cc2cc(C)oc(=O)c2c1O)C(=O)O. The highest BCUT2D eigenvalue weighted by molar-refractivity contribution is 5.93. The van der Waals surface area contributed by atoms with E-state index in [-0.39, 0.29) is 16.7 Å². The van der Waals surface area contributed by atoms with Crippen molar-refractivity contribution in [2.45, 2.75) is 13.0 Å². The van der Waals surface area contributed by atoms with Gasteiger partial charge in [-0.2, -0.15) is 0 Å². The van der Waals surface area contributed by atoms with Crippen LogP contribution >= 0.6 is 0 Å². The van der Waals surface area contributed by atoms with Gasteiger partial charge in [0.05, 0.1) is 5.56 Å². The van der Waals surface area contributed by atoms with Gasteiger partial charge in [0.25, 0.3) is 0 Å². The Labute approximate surface area is 124 Å². The molecule has 1 unspecified atom stereocenters. The largest absolute Gasteiger partial charge is 0.507 e. The molecule has 0 saturated carbocycles. The molecule has 3 N–H and O–H groups in total. The third kappa shape index (κ3) is 2.79. The predicted molar refractivity (Wildman–Crippen MR) is 78.0 cm³/mol. The molecule has 0 amide bonds. The number of fused-ring (bicyclic) bond motifs is 1. The molecule has 0 aliphatic heterocycles. The third-order valence-corrected chi connectivity index (χ3v) is 3.10. The molecule has 0 spiro atoms. The van der Waals surface area contributed by atoms with Crippen molar-refractivity contribution in [3.05, 3.63) is 40.0 Å². The average Bonchev–Trinajstić information content (AvgIpc) is 2.40. The number of aliphatic carboxylic acids is 1. The Bertz CT molecular complexity index is 817. The van der Waals surface area contributed by atoms with Crippen LogP contribution in [0.5, 0.6) is 11.5 Å². The maximum atomic E-state index is 11.8. The summed E-state index contributed by atoms with van der Waals surface area (Å²) in [7, 11) is 1.21. The van der Waals surface area contributed by atoms with E-state index in [1.807, 2.05) is 0 Å². The highest BCUT2D eigenvalue weighted by atomic mass is 16.5. The summed E-state index contributed by atoms with van der Waals surface area (Å²) in [4.78, 5) is 22.7. The minimum Gasteiger partial charge on any atom is -0.507 e. The van der Waals surface area contributed by atoms with Crippen molar-refractivity contribution in [3.63, 3.8) is 0 Å². The number of phenols is 2. The standard InChI is InChI=1S/C15H14O7/c1-7-5-8-6-10(16)9(3-4-11(21-2)14(18)19)13(17)12(8)15(20)22-7/h3-6,11,16-17H,1-2H3,(H,18,19)/b4-3+. The number of ether oxygens (including phenoxy) is 1. The fourth-order valence-electron chi connectivity index (χ4n) is 2.07. The first kappa shape index (κ1) is 15.6. The summed E-state index contributed by atoms with van der Waals surface area (Å²) in [6, 6.07) is 2.79. The molecular formula is C15H14O7. The Kier molecular flexibility index (Phi) is 4.18. The molecule has 0 saturated heterocycles. The molecule has 1 heterocycles. The van der Waals surface area contributed by atoms with Crippen molar-refractivity contribution in [1.29, 1.82) is 0 Å². The number of rotatable bonds is 4. The molecule has 7 heteroatoms. The Hall–Kier alpha value is -2.80. The summed E-state index contributed by atoms with van der Waals surface area (Å²) in [5.41, 5.74) is -0.837. The number of carboxylic acids is 1. The summed E-state index contributed by atoms with van der Waals surface area (Å²) < 4.78 is 9.62. The molecule has 7 nitrogen and oxygen atoms in total. The predicted octanol–water partition coefficient (Wildman–Crippen LogP) is 1.63. The van der Waals surface area contributed by atoms with Gasteiger partial charge in [-0.05, 0) is 36.6 Å². The van der Waals surface area contributed by atoms with E-state index in [0.717, 1.165) is 6.08 Å². The van der Waals surface area contributed by atoms with Crippen LogP contribution in [0.2, 0.25) is 0 Å². The maximum absolute atomic E-state index is 11.8. The lowest BCUT2D eigenvalue weighted by Crippen LogP contribution is -2.19. The van der Waals surface area contributed by atoms with Crippen molar-refractivity contribution in [2.24, 2.45) is 0 Å². The van der Waals surface area contributed by atoms with E-state index in [2.05, 4.69) is 0 Å². The second-order valence-corrected chi connectivity index (χ2v) is 4.62. The smallest absolute Gasteiger partial charge is 0.347 e. The molecular weight excluding hydrogens is 292 g/mol. The fourth-order valence-corrected chi connectivity index (χ4v) is 2.07. The molecule has 0 aliphatic rings. The number of benzene rings is 1. The molecule has 116 valence electrons. The van der Waals surface area contributed by atoms with Gasteiger partial charge in [0.2, 0.25) is 0 Å². The molecule has 2 rings (SSSR count). The molecule has 2 aromatic rings. The normalized spacial score (nSPS) is 12.8. The van der Waals surface area contributed by atoms with E-state index >= 15 is 0 Å². The minimum atomic E-state index is -1.25. The van der Waals surface area contributed by atoms with Crippen LogP contribution in [0, 0.1) is 6.92 Å². The van der Waals surface area contributed by atoms with Gasteiger partial charge in [0, 0.05) is 7.11 Å². The first-order valence-corrected chi connectivity index (χ1v) is 6.28. The number of aromatic hydroxyl groups is 2. The fraction of sp³-hybridized carbons (Fsp3) is 0.200. The second-order valence-electron chi connectivity index (χ2n) is 4.62. The van der Waals surface area contributed by atoms with E-state index in [1.54, 1.807) is 6.92 Å². The van der Waals surface area contributed by atoms with Crippen LogP contribution in [-0.2, 0) is 9.53 Å². The molecule has 1 atom stereocenters. The first-order valence-electron chi connectivity index (χ1n) is 6.28. The van der Waals surface area contributed by atoms with E-state index in [1.165, 1.54) is 25.3 Å². The number of aryl methyl sites for hydroxylation is 1. The molecule has 1 aromatic heterocycles. The van der Waals surface area contributed by atoms with Gasteiger partial charge in [-0.1, -0.05) is 0 Å². The van der Waals surface area contributed by atoms with Crippen molar-refractivity contribution < 1.29 is 29.3 Å². The minimum absolute atomic E-state index is 0.0904. The van der Waals surface area contributed by atoms with E-state index in [0.29, 0.717) is 11.1 Å². The topological polar surface area (TPSA) is 117 Å². The molecule has 0 aliphatic carbocycles. The summed E-state index contributed by atoms with van der Waals surface area (Å²) in [5, 5.41) is 29.2. The van der Waals surface area contributed by atoms with Crippen molar-refractivity contribution in [1.82, 2.24) is 0 Å². The molecule has 1 aromatic carbocycles. The highest BCUT2D eigenvalue weighted by Crippen LogP contribution is 2.35. The number of phenolic OH excluding ortho intramolecular Hbond substituents is 2. The number of hydrogen-bond donors (Lipinski definition) is 3. The maximum Gasteiger partial charge on any atom is 0.347 e. The van der Waals surface area contributed by atoms with Gasteiger partial charge in [0.15, 0.2) is 6.10 Å².